The van der Waals surface area contributed by atoms with Crippen LogP contribution in [0, 0.1) is 0 Å². The predicted octanol–water partition coefficient (Wildman–Crippen LogP) is 1.43. The maximum atomic E-state index is 11.1. The monoisotopic (exact) mass is 223 g/mol. The number of carboxylic acids is 1. The van der Waals surface area contributed by atoms with Crippen molar-refractivity contribution >= 4 is 5.97 Å². The van der Waals surface area contributed by atoms with E-state index < -0.39 is 11.9 Å². The van der Waals surface area contributed by atoms with E-state index in [0.717, 1.165) is 11.3 Å². The third-order valence-electron chi connectivity index (χ3n) is 2.36. The maximum Gasteiger partial charge on any atom is 0.312 e. The van der Waals surface area contributed by atoms with Gasteiger partial charge in [0.05, 0.1) is 13.0 Å². The molecule has 0 spiro atoms. The fourth-order valence-corrected chi connectivity index (χ4v) is 1.53. The second kappa shape index (κ2) is 5.51. The number of nitrogens with zero attached hydrogens (tertiary/aromatic N) is 1. The van der Waals surface area contributed by atoms with Crippen molar-refractivity contribution in [2.24, 2.45) is 0 Å². The van der Waals surface area contributed by atoms with Crippen LogP contribution in [-0.4, -0.2) is 43.7 Å². The normalized spacial score (nSPS) is 12.5. The number of hydrogen-bond donors (Lipinski definition) is 1. The van der Waals surface area contributed by atoms with E-state index in [1.54, 1.807) is 31.4 Å². The van der Waals surface area contributed by atoms with E-state index in [1.807, 2.05) is 19.0 Å². The number of ether oxygens (including phenoxy) is 1. The molecule has 0 heterocycles. The number of hydrogen-bond acceptors (Lipinski definition) is 3. The summed E-state index contributed by atoms with van der Waals surface area (Å²) in [5.41, 5.74) is 0.794. The van der Waals surface area contributed by atoms with Crippen LogP contribution in [0.3, 0.4) is 0 Å². The SMILES string of the molecule is COc1ccc(C(CN(C)C)C(=O)O)cc1. The predicted molar refractivity (Wildman–Crippen MR) is 61.9 cm³/mol. The van der Waals surface area contributed by atoms with E-state index in [9.17, 15) is 4.79 Å². The molecule has 0 amide bonds. The first-order valence-corrected chi connectivity index (χ1v) is 5.06. The molecule has 0 saturated carbocycles. The van der Waals surface area contributed by atoms with Crippen molar-refractivity contribution in [2.45, 2.75) is 5.92 Å². The van der Waals surface area contributed by atoms with Crippen LogP contribution in [0.4, 0.5) is 0 Å². The summed E-state index contributed by atoms with van der Waals surface area (Å²) < 4.78 is 5.03. The minimum Gasteiger partial charge on any atom is -0.497 e. The Morgan fingerprint density at radius 3 is 2.31 bits per heavy atom. The molecule has 4 nitrogen and oxygen atoms in total. The summed E-state index contributed by atoms with van der Waals surface area (Å²) in [4.78, 5) is 13.0. The molecule has 1 aromatic rings. The van der Waals surface area contributed by atoms with Crippen LogP contribution in [0.2, 0.25) is 0 Å². The Balaban J connectivity index is 2.88. The van der Waals surface area contributed by atoms with Crippen LogP contribution in [0.1, 0.15) is 11.5 Å². The average molecular weight is 223 g/mol. The van der Waals surface area contributed by atoms with Gasteiger partial charge in [0.1, 0.15) is 5.75 Å². The Hall–Kier alpha value is -1.55. The molecule has 1 atom stereocenters. The number of aliphatic carboxylic acids is 1. The zero-order chi connectivity index (χ0) is 12.1. The smallest absolute Gasteiger partial charge is 0.312 e. The molecular weight excluding hydrogens is 206 g/mol. The standard InChI is InChI=1S/C12H17NO3/c1-13(2)8-11(12(14)15)9-4-6-10(16-3)7-5-9/h4-7,11H,8H2,1-3H3,(H,14,15). The van der Waals surface area contributed by atoms with Crippen LogP contribution in [-0.2, 0) is 4.79 Å². The van der Waals surface area contributed by atoms with Gasteiger partial charge < -0.3 is 14.7 Å². The second-order valence-corrected chi connectivity index (χ2v) is 3.93. The molecule has 1 N–H and O–H groups in total. The van der Waals surface area contributed by atoms with Crippen molar-refractivity contribution in [3.63, 3.8) is 0 Å². The van der Waals surface area contributed by atoms with Crippen LogP contribution in [0.15, 0.2) is 24.3 Å². The number of carboxylic acid groups (broad SMARTS) is 1. The molecule has 1 aromatic carbocycles. The molecule has 0 aliphatic heterocycles. The molecule has 1 unspecified atom stereocenters. The Labute approximate surface area is 95.5 Å². The molecule has 1 rings (SSSR count). The van der Waals surface area contributed by atoms with Crippen molar-refractivity contribution in [2.75, 3.05) is 27.7 Å². The topological polar surface area (TPSA) is 49.8 Å². The van der Waals surface area contributed by atoms with E-state index in [1.165, 1.54) is 0 Å². The van der Waals surface area contributed by atoms with Gasteiger partial charge in [-0.15, -0.1) is 0 Å². The first-order chi connectivity index (χ1) is 7.54. The third-order valence-corrected chi connectivity index (χ3v) is 2.36. The molecule has 0 aliphatic carbocycles. The second-order valence-electron chi connectivity index (χ2n) is 3.93. The minimum atomic E-state index is -0.807. The highest BCUT2D eigenvalue weighted by atomic mass is 16.5. The molecule has 4 heteroatoms. The van der Waals surface area contributed by atoms with Gasteiger partial charge in [-0.05, 0) is 31.8 Å². The zero-order valence-corrected chi connectivity index (χ0v) is 9.80. The molecule has 88 valence electrons. The van der Waals surface area contributed by atoms with Crippen LogP contribution >= 0.6 is 0 Å². The van der Waals surface area contributed by atoms with E-state index in [0.29, 0.717) is 6.54 Å². The van der Waals surface area contributed by atoms with Gasteiger partial charge in [-0.1, -0.05) is 12.1 Å². The van der Waals surface area contributed by atoms with Gasteiger partial charge in [0.15, 0.2) is 0 Å². The van der Waals surface area contributed by atoms with Crippen molar-refractivity contribution < 1.29 is 14.6 Å². The third kappa shape index (κ3) is 3.24. The zero-order valence-electron chi connectivity index (χ0n) is 9.80. The summed E-state index contributed by atoms with van der Waals surface area (Å²) in [6, 6.07) is 7.14. The Bertz CT molecular complexity index is 346. The van der Waals surface area contributed by atoms with Gasteiger partial charge >= 0.3 is 5.97 Å². The quantitative estimate of drug-likeness (QED) is 0.820. The Morgan fingerprint density at radius 2 is 1.94 bits per heavy atom. The summed E-state index contributed by atoms with van der Waals surface area (Å²) in [5.74, 6) is -0.572. The van der Waals surface area contributed by atoms with Gasteiger partial charge in [0, 0.05) is 6.54 Å². The lowest BCUT2D eigenvalue weighted by Gasteiger charge is -2.17. The molecule has 0 saturated heterocycles. The van der Waals surface area contributed by atoms with Crippen molar-refractivity contribution in [1.29, 1.82) is 0 Å². The first-order valence-electron chi connectivity index (χ1n) is 5.06. The molecule has 0 radical (unpaired) electrons. The molecule has 0 fully saturated rings. The maximum absolute atomic E-state index is 11.1. The van der Waals surface area contributed by atoms with Crippen LogP contribution < -0.4 is 4.74 Å². The highest BCUT2D eigenvalue weighted by Gasteiger charge is 2.20. The number of rotatable bonds is 5. The largest absolute Gasteiger partial charge is 0.497 e. The van der Waals surface area contributed by atoms with Gasteiger partial charge in [0.25, 0.3) is 0 Å². The molecule has 0 aliphatic rings. The lowest BCUT2D eigenvalue weighted by Crippen LogP contribution is -2.25. The molecule has 0 aromatic heterocycles. The van der Waals surface area contributed by atoms with E-state index in [4.69, 9.17) is 9.84 Å². The highest BCUT2D eigenvalue weighted by molar-refractivity contribution is 5.76. The van der Waals surface area contributed by atoms with Gasteiger partial charge in [-0.3, -0.25) is 4.79 Å². The summed E-state index contributed by atoms with van der Waals surface area (Å²) in [6.07, 6.45) is 0. The van der Waals surface area contributed by atoms with Crippen LogP contribution in [0.5, 0.6) is 5.75 Å². The fourth-order valence-electron chi connectivity index (χ4n) is 1.53. The summed E-state index contributed by atoms with van der Waals surface area (Å²) in [7, 11) is 5.31. The fraction of sp³-hybridized carbons (Fsp3) is 0.417. The van der Waals surface area contributed by atoms with Gasteiger partial charge in [-0.2, -0.15) is 0 Å². The Kier molecular flexibility index (Phi) is 4.31. The average Bonchev–Trinajstić information content (AvgIpc) is 2.25. The molecule has 16 heavy (non-hydrogen) atoms. The van der Waals surface area contributed by atoms with Crippen molar-refractivity contribution in [1.82, 2.24) is 4.90 Å². The van der Waals surface area contributed by atoms with Crippen LogP contribution in [0.25, 0.3) is 0 Å². The molecule has 0 bridgehead atoms. The number of methoxy groups -OCH3 is 1. The van der Waals surface area contributed by atoms with E-state index in [2.05, 4.69) is 0 Å². The van der Waals surface area contributed by atoms with Gasteiger partial charge in [-0.25, -0.2) is 0 Å². The Morgan fingerprint density at radius 1 is 1.38 bits per heavy atom. The lowest BCUT2D eigenvalue weighted by atomic mass is 9.99. The first kappa shape index (κ1) is 12.5. The summed E-state index contributed by atoms with van der Waals surface area (Å²) >= 11 is 0. The number of likely N-dealkylation sites (N-methyl/N-ethyl adjacent to an activating group) is 1. The van der Waals surface area contributed by atoms with Crippen molar-refractivity contribution in [3.8, 4) is 5.75 Å². The lowest BCUT2D eigenvalue weighted by molar-refractivity contribution is -0.139. The van der Waals surface area contributed by atoms with Gasteiger partial charge in [0.2, 0.25) is 0 Å². The minimum absolute atomic E-state index is 0.488. The summed E-state index contributed by atoms with van der Waals surface area (Å²) in [6.45, 7) is 0.488. The van der Waals surface area contributed by atoms with Crippen molar-refractivity contribution in [3.05, 3.63) is 29.8 Å². The number of benzene rings is 1. The number of carbonyl (C=O) groups is 1. The summed E-state index contributed by atoms with van der Waals surface area (Å²) in [5, 5.41) is 9.14. The molecular formula is C12H17NO3. The highest BCUT2D eigenvalue weighted by Crippen LogP contribution is 2.20. The van der Waals surface area contributed by atoms with E-state index in [-0.39, 0.29) is 0 Å². The van der Waals surface area contributed by atoms with E-state index >= 15 is 0 Å².